The number of rotatable bonds is 6. The molecular weight excluding hydrogens is 258 g/mol. The fraction of sp³-hybridized carbons (Fsp3) is 0.308. The Balaban J connectivity index is 2.13. The third-order valence-corrected chi connectivity index (χ3v) is 2.61. The molecule has 0 radical (unpaired) electrons. The van der Waals surface area contributed by atoms with Gasteiger partial charge in [0.05, 0.1) is 12.3 Å². The summed E-state index contributed by atoms with van der Waals surface area (Å²) in [7, 11) is 0. The van der Waals surface area contributed by atoms with E-state index < -0.39 is 0 Å². The molecule has 0 aromatic carbocycles. The molecule has 0 saturated heterocycles. The molecule has 3 N–H and O–H groups in total. The fourth-order valence-electron chi connectivity index (χ4n) is 1.72. The molecule has 0 aliphatic carbocycles. The first kappa shape index (κ1) is 14.2. The molecule has 0 spiro atoms. The predicted octanol–water partition coefficient (Wildman–Crippen LogP) is 0.490. The Kier molecular flexibility index (Phi) is 4.80. The van der Waals surface area contributed by atoms with Crippen LogP contribution < -0.4 is 11.1 Å². The van der Waals surface area contributed by atoms with Crippen LogP contribution in [-0.2, 0) is 9.53 Å². The average molecular weight is 275 g/mol. The van der Waals surface area contributed by atoms with Crippen molar-refractivity contribution >= 4 is 11.6 Å². The molecular formula is C13H17N5O2. The summed E-state index contributed by atoms with van der Waals surface area (Å²) in [5, 5.41) is 2.77. The highest BCUT2D eigenvalue weighted by molar-refractivity contribution is 5.93. The second-order valence-electron chi connectivity index (χ2n) is 4.11. The molecule has 7 heteroatoms. The normalized spacial score (nSPS) is 10.5. The summed E-state index contributed by atoms with van der Waals surface area (Å²) in [5.74, 6) is 1.17. The molecule has 2 aromatic heterocycles. The highest BCUT2D eigenvalue weighted by Gasteiger charge is 2.10. The van der Waals surface area contributed by atoms with E-state index in [1.54, 1.807) is 35.3 Å². The van der Waals surface area contributed by atoms with Crippen molar-refractivity contribution in [1.29, 1.82) is 0 Å². The van der Waals surface area contributed by atoms with Crippen LogP contribution >= 0.6 is 0 Å². The van der Waals surface area contributed by atoms with Gasteiger partial charge in [0.1, 0.15) is 12.4 Å². The molecule has 0 aliphatic heterocycles. The van der Waals surface area contributed by atoms with Crippen molar-refractivity contribution in [2.75, 3.05) is 25.1 Å². The topological polar surface area (TPSA) is 95.1 Å². The van der Waals surface area contributed by atoms with E-state index in [-0.39, 0.29) is 12.5 Å². The average Bonchev–Trinajstić information content (AvgIpc) is 2.86. The summed E-state index contributed by atoms with van der Waals surface area (Å²) >= 11 is 0. The number of nitrogens with two attached hydrogens (primary N) is 1. The largest absolute Gasteiger partial charge is 0.370 e. The zero-order valence-electron chi connectivity index (χ0n) is 11.2. The van der Waals surface area contributed by atoms with E-state index in [2.05, 4.69) is 15.3 Å². The second kappa shape index (κ2) is 6.78. The number of nitrogens with zero attached hydrogens (tertiary/aromatic N) is 3. The lowest BCUT2D eigenvalue weighted by Crippen LogP contribution is -2.21. The summed E-state index contributed by atoms with van der Waals surface area (Å²) < 4.78 is 6.90. The van der Waals surface area contributed by atoms with Gasteiger partial charge >= 0.3 is 0 Å². The van der Waals surface area contributed by atoms with Crippen LogP contribution in [0, 0.1) is 6.92 Å². The number of pyridine rings is 1. The van der Waals surface area contributed by atoms with Gasteiger partial charge < -0.3 is 15.8 Å². The van der Waals surface area contributed by atoms with Crippen LogP contribution in [-0.4, -0.2) is 40.2 Å². The molecule has 106 valence electrons. The first-order chi connectivity index (χ1) is 9.72. The van der Waals surface area contributed by atoms with Crippen molar-refractivity contribution in [2.45, 2.75) is 6.92 Å². The van der Waals surface area contributed by atoms with Crippen LogP contribution in [0.4, 0.5) is 5.69 Å². The molecule has 2 heterocycles. The van der Waals surface area contributed by atoms with Gasteiger partial charge in [0.15, 0.2) is 5.82 Å². The Hall–Kier alpha value is -2.25. The van der Waals surface area contributed by atoms with E-state index >= 15 is 0 Å². The first-order valence-corrected chi connectivity index (χ1v) is 6.25. The maximum absolute atomic E-state index is 11.8. The number of ether oxygens (including phenoxy) is 1. The molecule has 7 nitrogen and oxygen atoms in total. The monoisotopic (exact) mass is 275 g/mol. The quantitative estimate of drug-likeness (QED) is 0.748. The van der Waals surface area contributed by atoms with Gasteiger partial charge in [0, 0.05) is 25.1 Å². The van der Waals surface area contributed by atoms with Gasteiger partial charge in [0.2, 0.25) is 5.91 Å². The molecule has 0 fully saturated rings. The molecule has 0 unspecified atom stereocenters. The Bertz CT molecular complexity index is 582. The summed E-state index contributed by atoms with van der Waals surface area (Å²) in [4.78, 5) is 20.2. The Morgan fingerprint density at radius 2 is 2.30 bits per heavy atom. The minimum Gasteiger partial charge on any atom is -0.370 e. The lowest BCUT2D eigenvalue weighted by Gasteiger charge is -2.11. The minimum atomic E-state index is -0.245. The maximum atomic E-state index is 11.8. The number of nitrogens with one attached hydrogen (secondary N) is 1. The number of anilines is 1. The fourth-order valence-corrected chi connectivity index (χ4v) is 1.72. The highest BCUT2D eigenvalue weighted by atomic mass is 16.5. The van der Waals surface area contributed by atoms with Crippen LogP contribution in [0.3, 0.4) is 0 Å². The number of imidazole rings is 1. The Labute approximate surface area is 116 Å². The summed E-state index contributed by atoms with van der Waals surface area (Å²) in [6.07, 6.45) is 5.13. The van der Waals surface area contributed by atoms with Gasteiger partial charge in [-0.3, -0.25) is 9.36 Å². The molecule has 2 aromatic rings. The smallest absolute Gasteiger partial charge is 0.250 e. The van der Waals surface area contributed by atoms with Gasteiger partial charge in [-0.15, -0.1) is 0 Å². The van der Waals surface area contributed by atoms with Crippen LogP contribution in [0.2, 0.25) is 0 Å². The minimum absolute atomic E-state index is 0.0333. The predicted molar refractivity (Wildman–Crippen MR) is 74.6 cm³/mol. The van der Waals surface area contributed by atoms with Gasteiger partial charge in [-0.2, -0.15) is 0 Å². The number of hydrogen-bond donors (Lipinski definition) is 2. The number of carbonyl (C=O) groups is 1. The zero-order valence-corrected chi connectivity index (χ0v) is 11.2. The van der Waals surface area contributed by atoms with Gasteiger partial charge in [-0.05, 0) is 19.1 Å². The number of aromatic nitrogens is 3. The van der Waals surface area contributed by atoms with Gasteiger partial charge in [0.25, 0.3) is 0 Å². The van der Waals surface area contributed by atoms with Gasteiger partial charge in [-0.1, -0.05) is 0 Å². The zero-order chi connectivity index (χ0) is 14.4. The number of aryl methyl sites for hydroxylation is 1. The van der Waals surface area contributed by atoms with E-state index in [4.69, 9.17) is 10.5 Å². The van der Waals surface area contributed by atoms with Crippen LogP contribution in [0.15, 0.2) is 30.7 Å². The number of carbonyl (C=O) groups excluding carboxylic acids is 1. The molecule has 0 bridgehead atoms. The standard InChI is InChI=1S/C13H17N5O2/c1-10-15-6-7-18(10)13-11(3-2-5-16-13)17-12(19)9-20-8-4-14/h2-3,5-7H,4,8-9,14H2,1H3,(H,17,19). The van der Waals surface area contributed by atoms with E-state index in [1.165, 1.54) is 0 Å². The Morgan fingerprint density at radius 3 is 3.00 bits per heavy atom. The van der Waals surface area contributed by atoms with Crippen molar-refractivity contribution in [2.24, 2.45) is 5.73 Å². The molecule has 20 heavy (non-hydrogen) atoms. The highest BCUT2D eigenvalue weighted by Crippen LogP contribution is 2.18. The van der Waals surface area contributed by atoms with Crippen molar-refractivity contribution in [3.8, 4) is 5.82 Å². The van der Waals surface area contributed by atoms with Crippen LogP contribution in [0.1, 0.15) is 5.82 Å². The van der Waals surface area contributed by atoms with Crippen molar-refractivity contribution in [3.05, 3.63) is 36.5 Å². The van der Waals surface area contributed by atoms with E-state index in [0.29, 0.717) is 24.7 Å². The lowest BCUT2D eigenvalue weighted by molar-refractivity contribution is -0.120. The third kappa shape index (κ3) is 3.40. The SMILES string of the molecule is Cc1nccn1-c1ncccc1NC(=O)COCCN. The second-order valence-corrected chi connectivity index (χ2v) is 4.11. The van der Waals surface area contributed by atoms with Crippen molar-refractivity contribution in [3.63, 3.8) is 0 Å². The molecule has 0 aliphatic rings. The van der Waals surface area contributed by atoms with E-state index in [0.717, 1.165) is 5.82 Å². The van der Waals surface area contributed by atoms with Crippen LogP contribution in [0.25, 0.3) is 5.82 Å². The van der Waals surface area contributed by atoms with E-state index in [9.17, 15) is 4.79 Å². The number of hydrogen-bond acceptors (Lipinski definition) is 5. The first-order valence-electron chi connectivity index (χ1n) is 6.25. The summed E-state index contributed by atoms with van der Waals surface area (Å²) in [5.41, 5.74) is 5.90. The third-order valence-electron chi connectivity index (χ3n) is 2.61. The lowest BCUT2D eigenvalue weighted by atomic mass is 10.3. The van der Waals surface area contributed by atoms with Crippen molar-refractivity contribution < 1.29 is 9.53 Å². The van der Waals surface area contributed by atoms with E-state index in [1.807, 2.05) is 6.92 Å². The molecule has 0 atom stereocenters. The molecule has 0 saturated carbocycles. The summed E-state index contributed by atoms with van der Waals surface area (Å²) in [6, 6.07) is 3.54. The molecule has 2 rings (SSSR count). The molecule has 1 amide bonds. The van der Waals surface area contributed by atoms with Gasteiger partial charge in [-0.25, -0.2) is 9.97 Å². The van der Waals surface area contributed by atoms with Crippen LogP contribution in [0.5, 0.6) is 0 Å². The number of amides is 1. The Morgan fingerprint density at radius 1 is 1.45 bits per heavy atom. The van der Waals surface area contributed by atoms with Crippen molar-refractivity contribution in [1.82, 2.24) is 14.5 Å². The maximum Gasteiger partial charge on any atom is 0.250 e. The summed E-state index contributed by atoms with van der Waals surface area (Å²) in [6.45, 7) is 2.58.